The molecule has 0 amide bonds. The first-order valence-corrected chi connectivity index (χ1v) is 6.05. The molecule has 0 aliphatic carbocycles. The second-order valence-electron chi connectivity index (χ2n) is 4.24. The normalized spacial score (nSPS) is 10.4. The second-order valence-corrected chi connectivity index (χ2v) is 4.24. The molecule has 0 aliphatic rings. The highest BCUT2D eigenvalue weighted by Crippen LogP contribution is 2.33. The van der Waals surface area contributed by atoms with Gasteiger partial charge in [-0.05, 0) is 18.2 Å². The quantitative estimate of drug-likeness (QED) is 0.789. The summed E-state index contributed by atoms with van der Waals surface area (Å²) in [5.74, 6) is -1.00. The molecular formula is C15H9NO5. The Labute approximate surface area is 118 Å². The van der Waals surface area contributed by atoms with Crippen molar-refractivity contribution >= 4 is 16.9 Å². The van der Waals surface area contributed by atoms with Crippen LogP contribution in [0.3, 0.4) is 0 Å². The van der Waals surface area contributed by atoms with E-state index in [9.17, 15) is 4.79 Å². The maximum atomic E-state index is 11.0. The van der Waals surface area contributed by atoms with Gasteiger partial charge in [-0.3, -0.25) is 0 Å². The zero-order valence-electron chi connectivity index (χ0n) is 10.7. The Bertz CT molecular complexity index is 852. The Hall–Kier alpha value is -3.20. The lowest BCUT2D eigenvalue weighted by Crippen LogP contribution is -2.02. The van der Waals surface area contributed by atoms with E-state index < -0.39 is 5.97 Å². The van der Waals surface area contributed by atoms with Crippen LogP contribution in [0.1, 0.15) is 21.9 Å². The van der Waals surface area contributed by atoms with Crippen LogP contribution in [0.15, 0.2) is 45.4 Å². The van der Waals surface area contributed by atoms with E-state index in [1.165, 1.54) is 12.3 Å². The molecule has 2 aromatic heterocycles. The number of hydrogen-bond donors (Lipinski definition) is 1. The summed E-state index contributed by atoms with van der Waals surface area (Å²) in [5, 5.41) is 18.7. The predicted molar refractivity (Wildman–Crippen MR) is 70.9 cm³/mol. The summed E-state index contributed by atoms with van der Waals surface area (Å²) in [6.07, 6.45) is 1.28. The smallest absolute Gasteiger partial charge is 0.372 e. The van der Waals surface area contributed by atoms with Crippen LogP contribution in [-0.4, -0.2) is 11.1 Å². The Balaban J connectivity index is 1.93. The van der Waals surface area contributed by atoms with Crippen LogP contribution >= 0.6 is 0 Å². The van der Waals surface area contributed by atoms with E-state index in [1.807, 2.05) is 6.07 Å². The summed E-state index contributed by atoms with van der Waals surface area (Å²) in [7, 11) is 0. The fourth-order valence-corrected chi connectivity index (χ4v) is 2.03. The van der Waals surface area contributed by atoms with Gasteiger partial charge in [0.2, 0.25) is 11.5 Å². The molecule has 0 saturated carbocycles. The van der Waals surface area contributed by atoms with E-state index in [0.29, 0.717) is 22.3 Å². The Morgan fingerprint density at radius 3 is 2.90 bits per heavy atom. The van der Waals surface area contributed by atoms with Gasteiger partial charge in [-0.1, -0.05) is 12.1 Å². The predicted octanol–water partition coefficient (Wildman–Crippen LogP) is 3.17. The molecule has 0 spiro atoms. The van der Waals surface area contributed by atoms with Gasteiger partial charge in [0, 0.05) is 5.56 Å². The van der Waals surface area contributed by atoms with Crippen molar-refractivity contribution in [3.05, 3.63) is 53.7 Å². The van der Waals surface area contributed by atoms with Gasteiger partial charge >= 0.3 is 5.97 Å². The van der Waals surface area contributed by atoms with E-state index in [2.05, 4.69) is 0 Å². The molecule has 21 heavy (non-hydrogen) atoms. The maximum Gasteiger partial charge on any atom is 0.372 e. The fraction of sp³-hybridized carbons (Fsp3) is 0.0667. The number of carbonyl (C=O) groups is 1. The molecule has 104 valence electrons. The third kappa shape index (κ3) is 2.21. The van der Waals surface area contributed by atoms with Crippen LogP contribution in [-0.2, 0) is 6.61 Å². The topological polar surface area (TPSA) is 96.6 Å². The van der Waals surface area contributed by atoms with Gasteiger partial charge in [0.25, 0.3) is 0 Å². The molecule has 6 heteroatoms. The van der Waals surface area contributed by atoms with Gasteiger partial charge in [-0.15, -0.1) is 0 Å². The van der Waals surface area contributed by atoms with Crippen LogP contribution < -0.4 is 4.74 Å². The van der Waals surface area contributed by atoms with Crippen molar-refractivity contribution in [3.8, 4) is 11.8 Å². The molecule has 0 aliphatic heterocycles. The van der Waals surface area contributed by atoms with Crippen LogP contribution in [0.5, 0.6) is 5.75 Å². The molecule has 1 N–H and O–H groups in total. The molecule has 6 nitrogen and oxygen atoms in total. The van der Waals surface area contributed by atoms with Crippen molar-refractivity contribution in [1.82, 2.24) is 0 Å². The number of para-hydroxylation sites is 1. The first kappa shape index (κ1) is 12.8. The molecule has 0 saturated heterocycles. The monoisotopic (exact) mass is 283 g/mol. The number of benzene rings is 1. The van der Waals surface area contributed by atoms with E-state index in [1.54, 1.807) is 24.3 Å². The number of ether oxygens (including phenoxy) is 1. The minimum atomic E-state index is -1.17. The van der Waals surface area contributed by atoms with Gasteiger partial charge < -0.3 is 18.7 Å². The minimum absolute atomic E-state index is 0.0314. The molecule has 0 unspecified atom stereocenters. The molecule has 3 rings (SSSR count). The molecule has 0 fully saturated rings. The summed E-state index contributed by atoms with van der Waals surface area (Å²) in [6, 6.07) is 10.5. The first-order chi connectivity index (χ1) is 10.2. The van der Waals surface area contributed by atoms with E-state index in [-0.39, 0.29) is 18.1 Å². The standard InChI is InChI=1S/C15H9NO5/c16-7-12-14(10-3-1-2-4-11(10)21-12)20-8-9-5-6-19-13(9)15(17)18/h1-6H,8H2,(H,17,18). The zero-order chi connectivity index (χ0) is 14.8. The number of hydrogen-bond acceptors (Lipinski definition) is 5. The van der Waals surface area contributed by atoms with Gasteiger partial charge in [-0.25, -0.2) is 4.79 Å². The molecule has 2 heterocycles. The Kier molecular flexibility index (Phi) is 3.09. The SMILES string of the molecule is N#Cc1oc2ccccc2c1OCc1ccoc1C(=O)O. The van der Waals surface area contributed by atoms with Crippen LogP contribution in [0.25, 0.3) is 11.0 Å². The van der Waals surface area contributed by atoms with E-state index in [0.717, 1.165) is 0 Å². The average Bonchev–Trinajstić information content (AvgIpc) is 3.09. The lowest BCUT2D eigenvalue weighted by Gasteiger charge is -2.03. The highest BCUT2D eigenvalue weighted by atomic mass is 16.5. The lowest BCUT2D eigenvalue weighted by atomic mass is 10.2. The van der Waals surface area contributed by atoms with Crippen LogP contribution in [0, 0.1) is 11.3 Å². The number of aromatic carboxylic acids is 1. The lowest BCUT2D eigenvalue weighted by molar-refractivity contribution is 0.0658. The van der Waals surface area contributed by atoms with Crippen molar-refractivity contribution in [2.24, 2.45) is 0 Å². The van der Waals surface area contributed by atoms with E-state index >= 15 is 0 Å². The molecular weight excluding hydrogens is 274 g/mol. The maximum absolute atomic E-state index is 11.0. The summed E-state index contributed by atoms with van der Waals surface area (Å²) >= 11 is 0. The van der Waals surface area contributed by atoms with Crippen molar-refractivity contribution in [3.63, 3.8) is 0 Å². The molecule has 1 aromatic carbocycles. The van der Waals surface area contributed by atoms with E-state index in [4.69, 9.17) is 23.9 Å². The number of nitriles is 1. The number of nitrogens with zero attached hydrogens (tertiary/aromatic N) is 1. The largest absolute Gasteiger partial charge is 0.483 e. The Morgan fingerprint density at radius 1 is 1.33 bits per heavy atom. The number of carboxylic acid groups (broad SMARTS) is 1. The van der Waals surface area contributed by atoms with Crippen LogP contribution in [0.2, 0.25) is 0 Å². The van der Waals surface area contributed by atoms with Crippen molar-refractivity contribution in [2.75, 3.05) is 0 Å². The fourth-order valence-electron chi connectivity index (χ4n) is 2.03. The summed E-state index contributed by atoms with van der Waals surface area (Å²) in [4.78, 5) is 11.0. The molecule has 0 radical (unpaired) electrons. The highest BCUT2D eigenvalue weighted by Gasteiger charge is 2.18. The van der Waals surface area contributed by atoms with Gasteiger partial charge in [0.15, 0.2) is 5.75 Å². The number of fused-ring (bicyclic) bond motifs is 1. The highest BCUT2D eigenvalue weighted by molar-refractivity contribution is 5.87. The summed E-state index contributed by atoms with van der Waals surface area (Å²) in [5.41, 5.74) is 0.923. The van der Waals surface area contributed by atoms with Gasteiger partial charge in [0.05, 0.1) is 11.6 Å². The van der Waals surface area contributed by atoms with Crippen LogP contribution in [0.4, 0.5) is 0 Å². The average molecular weight is 283 g/mol. The first-order valence-electron chi connectivity index (χ1n) is 6.05. The molecule has 0 bridgehead atoms. The third-order valence-electron chi connectivity index (χ3n) is 2.96. The second kappa shape index (κ2) is 5.06. The van der Waals surface area contributed by atoms with Gasteiger partial charge in [0.1, 0.15) is 18.3 Å². The molecule has 3 aromatic rings. The number of carboxylic acids is 1. The Morgan fingerprint density at radius 2 is 2.14 bits per heavy atom. The molecule has 0 atom stereocenters. The summed E-state index contributed by atoms with van der Waals surface area (Å²) < 4.78 is 15.8. The number of rotatable bonds is 4. The van der Waals surface area contributed by atoms with Crippen molar-refractivity contribution in [1.29, 1.82) is 5.26 Å². The zero-order valence-corrected chi connectivity index (χ0v) is 10.7. The van der Waals surface area contributed by atoms with Gasteiger partial charge in [-0.2, -0.15) is 5.26 Å². The minimum Gasteiger partial charge on any atom is -0.483 e. The van der Waals surface area contributed by atoms with Crippen molar-refractivity contribution in [2.45, 2.75) is 6.61 Å². The van der Waals surface area contributed by atoms with Crippen molar-refractivity contribution < 1.29 is 23.5 Å². The number of furan rings is 2. The summed E-state index contributed by atoms with van der Waals surface area (Å²) in [6.45, 7) is -0.0314. The third-order valence-corrected chi connectivity index (χ3v) is 2.96.